The zero-order valence-corrected chi connectivity index (χ0v) is 12.9. The monoisotopic (exact) mass is 275 g/mol. The molecule has 1 aromatic rings. The normalized spacial score (nSPS) is 25.0. The van der Waals surface area contributed by atoms with E-state index in [1.54, 1.807) is 7.11 Å². The van der Waals surface area contributed by atoms with E-state index in [9.17, 15) is 4.79 Å². The molecule has 0 spiro atoms. The summed E-state index contributed by atoms with van der Waals surface area (Å²) in [5, 5.41) is 3.05. The van der Waals surface area contributed by atoms with Gasteiger partial charge in [-0.05, 0) is 48.4 Å². The van der Waals surface area contributed by atoms with Gasteiger partial charge in [0.1, 0.15) is 5.75 Å². The fourth-order valence-electron chi connectivity index (χ4n) is 3.48. The summed E-state index contributed by atoms with van der Waals surface area (Å²) in [7, 11) is 1.64. The van der Waals surface area contributed by atoms with E-state index < -0.39 is 0 Å². The van der Waals surface area contributed by atoms with E-state index in [4.69, 9.17) is 4.74 Å². The Morgan fingerprint density at radius 1 is 1.30 bits per heavy atom. The molecule has 3 heteroatoms. The van der Waals surface area contributed by atoms with Gasteiger partial charge in [0.15, 0.2) is 0 Å². The standard InChI is InChI=1S/C17H25NO2/c1-12-6-5-11-17(2,3)15(12)16(19)18-13-7-9-14(20-4)10-8-13/h7-10,12,15H,5-6,11H2,1-4H3,(H,18,19)/t12-,15?/m0/s1. The van der Waals surface area contributed by atoms with Gasteiger partial charge in [-0.3, -0.25) is 4.79 Å². The quantitative estimate of drug-likeness (QED) is 0.902. The summed E-state index contributed by atoms with van der Waals surface area (Å²) in [6, 6.07) is 7.50. The van der Waals surface area contributed by atoms with Crippen LogP contribution in [0.1, 0.15) is 40.0 Å². The smallest absolute Gasteiger partial charge is 0.228 e. The molecule has 0 saturated heterocycles. The SMILES string of the molecule is COc1ccc(NC(=O)C2[C@@H](C)CCCC2(C)C)cc1. The number of hydrogen-bond donors (Lipinski definition) is 1. The van der Waals surface area contributed by atoms with Gasteiger partial charge in [-0.1, -0.05) is 27.2 Å². The second-order valence-corrected chi connectivity index (χ2v) is 6.55. The van der Waals surface area contributed by atoms with Gasteiger partial charge in [0, 0.05) is 11.6 Å². The molecule has 1 N–H and O–H groups in total. The summed E-state index contributed by atoms with van der Waals surface area (Å²) >= 11 is 0. The predicted molar refractivity (Wildman–Crippen MR) is 81.9 cm³/mol. The summed E-state index contributed by atoms with van der Waals surface area (Å²) in [5.74, 6) is 1.47. The van der Waals surface area contributed by atoms with Crippen LogP contribution in [0.15, 0.2) is 24.3 Å². The molecule has 110 valence electrons. The maximum Gasteiger partial charge on any atom is 0.228 e. The number of anilines is 1. The molecule has 1 unspecified atom stereocenters. The molecule has 1 aliphatic carbocycles. The second-order valence-electron chi connectivity index (χ2n) is 6.55. The van der Waals surface area contributed by atoms with Crippen LogP contribution in [0.5, 0.6) is 5.75 Å². The lowest BCUT2D eigenvalue weighted by atomic mass is 9.64. The highest BCUT2D eigenvalue weighted by atomic mass is 16.5. The first kappa shape index (κ1) is 14.9. The Kier molecular flexibility index (Phi) is 4.36. The molecule has 1 saturated carbocycles. The van der Waals surface area contributed by atoms with Gasteiger partial charge in [-0.25, -0.2) is 0 Å². The number of methoxy groups -OCH3 is 1. The largest absolute Gasteiger partial charge is 0.497 e. The lowest BCUT2D eigenvalue weighted by molar-refractivity contribution is -0.127. The topological polar surface area (TPSA) is 38.3 Å². The van der Waals surface area contributed by atoms with Gasteiger partial charge < -0.3 is 10.1 Å². The van der Waals surface area contributed by atoms with Gasteiger partial charge >= 0.3 is 0 Å². The van der Waals surface area contributed by atoms with Crippen LogP contribution in [-0.4, -0.2) is 13.0 Å². The fourth-order valence-corrected chi connectivity index (χ4v) is 3.48. The summed E-state index contributed by atoms with van der Waals surface area (Å²) < 4.78 is 5.13. The highest BCUT2D eigenvalue weighted by Crippen LogP contribution is 2.44. The number of carbonyl (C=O) groups excluding carboxylic acids is 1. The molecule has 0 radical (unpaired) electrons. The molecule has 0 aliphatic heterocycles. The van der Waals surface area contributed by atoms with Crippen LogP contribution in [0.3, 0.4) is 0 Å². The Morgan fingerprint density at radius 2 is 1.95 bits per heavy atom. The zero-order chi connectivity index (χ0) is 14.8. The Morgan fingerprint density at radius 3 is 2.50 bits per heavy atom. The minimum atomic E-state index is 0.0776. The third-order valence-corrected chi connectivity index (χ3v) is 4.53. The zero-order valence-electron chi connectivity index (χ0n) is 12.9. The van der Waals surface area contributed by atoms with E-state index in [0.29, 0.717) is 5.92 Å². The first-order valence-electron chi connectivity index (χ1n) is 7.39. The Labute approximate surface area is 121 Å². The minimum absolute atomic E-state index is 0.0776. The second kappa shape index (κ2) is 5.86. The lowest BCUT2D eigenvalue weighted by Crippen LogP contribution is -2.42. The molecular formula is C17H25NO2. The van der Waals surface area contributed by atoms with Crippen molar-refractivity contribution < 1.29 is 9.53 Å². The van der Waals surface area contributed by atoms with E-state index in [1.165, 1.54) is 6.42 Å². The van der Waals surface area contributed by atoms with Gasteiger partial charge in [0.2, 0.25) is 5.91 Å². The Hall–Kier alpha value is -1.51. The van der Waals surface area contributed by atoms with Crippen LogP contribution in [0, 0.1) is 17.3 Å². The number of carbonyl (C=O) groups is 1. The fraction of sp³-hybridized carbons (Fsp3) is 0.588. The third kappa shape index (κ3) is 3.14. The number of hydrogen-bond acceptors (Lipinski definition) is 2. The van der Waals surface area contributed by atoms with Crippen molar-refractivity contribution in [2.24, 2.45) is 17.3 Å². The van der Waals surface area contributed by atoms with Crippen molar-refractivity contribution in [1.29, 1.82) is 0 Å². The molecule has 20 heavy (non-hydrogen) atoms. The molecular weight excluding hydrogens is 250 g/mol. The highest BCUT2D eigenvalue weighted by Gasteiger charge is 2.41. The van der Waals surface area contributed by atoms with Crippen LogP contribution in [-0.2, 0) is 4.79 Å². The predicted octanol–water partition coefficient (Wildman–Crippen LogP) is 4.10. The van der Waals surface area contributed by atoms with Crippen molar-refractivity contribution in [3.05, 3.63) is 24.3 Å². The van der Waals surface area contributed by atoms with Gasteiger partial charge in [0.05, 0.1) is 7.11 Å². The van der Waals surface area contributed by atoms with Crippen molar-refractivity contribution in [2.75, 3.05) is 12.4 Å². The Bertz CT molecular complexity index is 464. The Balaban J connectivity index is 2.09. The molecule has 1 aromatic carbocycles. The third-order valence-electron chi connectivity index (χ3n) is 4.53. The first-order valence-corrected chi connectivity index (χ1v) is 7.39. The maximum absolute atomic E-state index is 12.6. The minimum Gasteiger partial charge on any atom is -0.497 e. The average Bonchev–Trinajstić information content (AvgIpc) is 2.38. The van der Waals surface area contributed by atoms with Gasteiger partial charge in [-0.2, -0.15) is 0 Å². The van der Waals surface area contributed by atoms with Crippen LogP contribution in [0.4, 0.5) is 5.69 Å². The van der Waals surface area contributed by atoms with E-state index in [0.717, 1.165) is 24.3 Å². The van der Waals surface area contributed by atoms with Crippen LogP contribution >= 0.6 is 0 Å². The van der Waals surface area contributed by atoms with Crippen LogP contribution in [0.25, 0.3) is 0 Å². The lowest BCUT2D eigenvalue weighted by Gasteiger charge is -2.41. The highest BCUT2D eigenvalue weighted by molar-refractivity contribution is 5.93. The molecule has 0 aromatic heterocycles. The number of ether oxygens (including phenoxy) is 1. The van der Waals surface area contributed by atoms with Gasteiger partial charge in [0.25, 0.3) is 0 Å². The average molecular weight is 275 g/mol. The molecule has 1 aliphatic rings. The molecule has 2 atom stereocenters. The summed E-state index contributed by atoms with van der Waals surface area (Å²) in [6.45, 7) is 6.61. The molecule has 0 bridgehead atoms. The van der Waals surface area contributed by atoms with E-state index in [1.807, 2.05) is 24.3 Å². The molecule has 1 amide bonds. The van der Waals surface area contributed by atoms with Crippen molar-refractivity contribution in [1.82, 2.24) is 0 Å². The molecule has 2 rings (SSSR count). The molecule has 1 fully saturated rings. The molecule has 0 heterocycles. The number of nitrogens with one attached hydrogen (secondary N) is 1. The maximum atomic E-state index is 12.6. The number of benzene rings is 1. The van der Waals surface area contributed by atoms with Crippen molar-refractivity contribution in [2.45, 2.75) is 40.0 Å². The summed E-state index contributed by atoms with van der Waals surface area (Å²) in [4.78, 5) is 12.6. The van der Waals surface area contributed by atoms with E-state index in [-0.39, 0.29) is 17.2 Å². The molecule has 3 nitrogen and oxygen atoms in total. The number of rotatable bonds is 3. The summed E-state index contributed by atoms with van der Waals surface area (Å²) in [5.41, 5.74) is 0.915. The van der Waals surface area contributed by atoms with Crippen molar-refractivity contribution >= 4 is 11.6 Å². The van der Waals surface area contributed by atoms with Crippen LogP contribution in [0.2, 0.25) is 0 Å². The summed E-state index contributed by atoms with van der Waals surface area (Å²) in [6.07, 6.45) is 3.49. The van der Waals surface area contributed by atoms with Crippen molar-refractivity contribution in [3.63, 3.8) is 0 Å². The first-order chi connectivity index (χ1) is 9.44. The van der Waals surface area contributed by atoms with Crippen molar-refractivity contribution in [3.8, 4) is 5.75 Å². The number of amides is 1. The van der Waals surface area contributed by atoms with E-state index >= 15 is 0 Å². The van der Waals surface area contributed by atoms with Crippen LogP contribution < -0.4 is 10.1 Å². The van der Waals surface area contributed by atoms with E-state index in [2.05, 4.69) is 26.1 Å². The van der Waals surface area contributed by atoms with Gasteiger partial charge in [-0.15, -0.1) is 0 Å².